The van der Waals surface area contributed by atoms with E-state index >= 15 is 0 Å². The van der Waals surface area contributed by atoms with Gasteiger partial charge in [-0.3, -0.25) is 25.5 Å². The molecule has 1 saturated heterocycles. The number of amides is 1. The van der Waals surface area contributed by atoms with E-state index in [1.165, 1.54) is 0 Å². The van der Waals surface area contributed by atoms with Crippen LogP contribution in [-0.4, -0.2) is 85.4 Å². The van der Waals surface area contributed by atoms with Crippen LogP contribution in [0.3, 0.4) is 0 Å². The molecule has 1 amide bonds. The summed E-state index contributed by atoms with van der Waals surface area (Å²) in [4.78, 5) is 25.5. The summed E-state index contributed by atoms with van der Waals surface area (Å²) in [6.45, 7) is 11.6. The number of nitrogens with one attached hydrogen (secondary N) is 3. The lowest BCUT2D eigenvalue weighted by Crippen LogP contribution is -2.45. The van der Waals surface area contributed by atoms with Gasteiger partial charge in [-0.2, -0.15) is 0 Å². The van der Waals surface area contributed by atoms with Crippen LogP contribution in [0.4, 0.5) is 5.00 Å². The van der Waals surface area contributed by atoms with Crippen LogP contribution in [0.25, 0.3) is 0 Å². The third kappa shape index (κ3) is 6.29. The van der Waals surface area contributed by atoms with Crippen LogP contribution in [0.1, 0.15) is 41.3 Å². The maximum absolute atomic E-state index is 13.0. The lowest BCUT2D eigenvalue weighted by Gasteiger charge is -2.32. The fourth-order valence-corrected chi connectivity index (χ4v) is 6.09. The molecule has 198 valence electrons. The largest absolute Gasteiger partial charge is 0.356 e. The molecule has 2 aliphatic heterocycles. The predicted molar refractivity (Wildman–Crippen MR) is 154 cm³/mol. The standard InChI is InChI=1S/C27H36ClN7OS/c1-17-18(2)37-27-24(17)25(20-6-8-21(28)9-7-20)32-22(26(30)35(27)19(3)29)16-23(36)31-10-5-11-34-14-12-33(4)13-15-34/h6-9,22,29-30H,5,10-16H2,1-4H3,(H,31,36)/t22-/m0/s1. The van der Waals surface area contributed by atoms with Crippen molar-refractivity contribution in [2.45, 2.75) is 39.7 Å². The number of nitrogens with zero attached hydrogens (tertiary/aromatic N) is 4. The fourth-order valence-electron chi connectivity index (χ4n) is 4.74. The summed E-state index contributed by atoms with van der Waals surface area (Å²) < 4.78 is 0. The Morgan fingerprint density at radius 2 is 1.86 bits per heavy atom. The number of hydrogen-bond acceptors (Lipinski definition) is 7. The number of amidine groups is 2. The second-order valence-electron chi connectivity index (χ2n) is 9.82. The van der Waals surface area contributed by atoms with Crippen molar-refractivity contribution in [1.29, 1.82) is 10.8 Å². The SMILES string of the molecule is CC(=N)N1C(=N)[C@H](CC(=O)NCCCN2CCN(C)CC2)N=C(c2ccc(Cl)cc2)c2c1sc(C)c2C. The van der Waals surface area contributed by atoms with Crippen molar-refractivity contribution in [3.8, 4) is 0 Å². The van der Waals surface area contributed by atoms with Crippen molar-refractivity contribution >= 4 is 51.2 Å². The average molecular weight is 542 g/mol. The molecule has 1 atom stereocenters. The summed E-state index contributed by atoms with van der Waals surface area (Å²) in [5, 5.41) is 21.9. The number of fused-ring (bicyclic) bond motifs is 1. The third-order valence-electron chi connectivity index (χ3n) is 7.05. The van der Waals surface area contributed by atoms with Gasteiger partial charge >= 0.3 is 0 Å². The number of likely N-dealkylation sites (N-methyl/N-ethyl adjacent to an activating group) is 1. The Labute approximate surface area is 228 Å². The van der Waals surface area contributed by atoms with Gasteiger partial charge in [0.05, 0.1) is 12.1 Å². The van der Waals surface area contributed by atoms with Gasteiger partial charge in [-0.1, -0.05) is 23.7 Å². The molecule has 2 aliphatic rings. The van der Waals surface area contributed by atoms with Crippen molar-refractivity contribution in [3.05, 3.63) is 50.9 Å². The molecule has 3 N–H and O–H groups in total. The third-order valence-corrected chi connectivity index (χ3v) is 8.49. The zero-order valence-electron chi connectivity index (χ0n) is 22.0. The van der Waals surface area contributed by atoms with Gasteiger partial charge in [0.25, 0.3) is 0 Å². The van der Waals surface area contributed by atoms with E-state index in [2.05, 4.69) is 22.2 Å². The molecule has 1 aromatic heterocycles. The molecule has 0 aliphatic carbocycles. The molecule has 0 radical (unpaired) electrons. The van der Waals surface area contributed by atoms with Crippen molar-refractivity contribution < 1.29 is 4.79 Å². The average Bonchev–Trinajstić information content (AvgIpc) is 3.07. The summed E-state index contributed by atoms with van der Waals surface area (Å²) >= 11 is 7.71. The zero-order chi connectivity index (χ0) is 26.7. The number of aliphatic imine (C=N–C) groups is 1. The van der Waals surface area contributed by atoms with Crippen LogP contribution in [-0.2, 0) is 4.79 Å². The highest BCUT2D eigenvalue weighted by Gasteiger charge is 2.34. The van der Waals surface area contributed by atoms with Gasteiger partial charge in [0, 0.05) is 53.8 Å². The molecule has 1 fully saturated rings. The van der Waals surface area contributed by atoms with Crippen molar-refractivity contribution in [3.63, 3.8) is 0 Å². The second-order valence-corrected chi connectivity index (χ2v) is 11.5. The number of halogens is 1. The maximum atomic E-state index is 13.0. The summed E-state index contributed by atoms with van der Waals surface area (Å²) in [7, 11) is 2.15. The minimum atomic E-state index is -0.706. The number of carbonyl (C=O) groups is 1. The number of benzene rings is 1. The van der Waals surface area contributed by atoms with Gasteiger partial charge < -0.3 is 15.1 Å². The van der Waals surface area contributed by atoms with Gasteiger partial charge in [0.1, 0.15) is 22.7 Å². The summed E-state index contributed by atoms with van der Waals surface area (Å²) in [5.74, 6) is 0.247. The number of anilines is 1. The summed E-state index contributed by atoms with van der Waals surface area (Å²) in [6, 6.07) is 6.78. The molecule has 10 heteroatoms. The molecular formula is C27H36ClN7OS. The Kier molecular flexibility index (Phi) is 8.79. The zero-order valence-corrected chi connectivity index (χ0v) is 23.6. The number of hydrogen-bond donors (Lipinski definition) is 3. The monoisotopic (exact) mass is 541 g/mol. The first-order valence-corrected chi connectivity index (χ1v) is 13.9. The van der Waals surface area contributed by atoms with Crippen molar-refractivity contribution in [1.82, 2.24) is 15.1 Å². The van der Waals surface area contributed by atoms with Gasteiger partial charge in [-0.05, 0) is 58.5 Å². The topological polar surface area (TPSA) is 98.9 Å². The normalized spacial score (nSPS) is 18.8. The first kappa shape index (κ1) is 27.4. The van der Waals surface area contributed by atoms with E-state index in [0.717, 1.165) is 71.4 Å². The molecule has 0 unspecified atom stereocenters. The van der Waals surface area contributed by atoms with E-state index < -0.39 is 6.04 Å². The second kappa shape index (κ2) is 11.9. The van der Waals surface area contributed by atoms with E-state index in [9.17, 15) is 4.79 Å². The molecule has 3 heterocycles. The van der Waals surface area contributed by atoms with Gasteiger partial charge in [-0.25, -0.2) is 0 Å². The van der Waals surface area contributed by atoms with Crippen LogP contribution in [0.15, 0.2) is 29.3 Å². The summed E-state index contributed by atoms with van der Waals surface area (Å²) in [6.07, 6.45) is 0.944. The first-order chi connectivity index (χ1) is 17.7. The van der Waals surface area contributed by atoms with Crippen LogP contribution in [0.5, 0.6) is 0 Å². The van der Waals surface area contributed by atoms with Crippen LogP contribution < -0.4 is 10.2 Å². The van der Waals surface area contributed by atoms with Crippen LogP contribution >= 0.6 is 22.9 Å². The quantitative estimate of drug-likeness (QED) is 0.278. The summed E-state index contributed by atoms with van der Waals surface area (Å²) in [5.41, 5.74) is 3.59. The minimum Gasteiger partial charge on any atom is -0.356 e. The first-order valence-electron chi connectivity index (χ1n) is 12.7. The highest BCUT2D eigenvalue weighted by Crippen LogP contribution is 2.40. The molecule has 1 aromatic carbocycles. The van der Waals surface area contributed by atoms with Crippen LogP contribution in [0, 0.1) is 24.7 Å². The van der Waals surface area contributed by atoms with Crippen molar-refractivity contribution in [2.24, 2.45) is 4.99 Å². The Balaban J connectivity index is 1.54. The smallest absolute Gasteiger partial charge is 0.222 e. The van der Waals surface area contributed by atoms with Gasteiger partial charge in [-0.15, -0.1) is 11.3 Å². The maximum Gasteiger partial charge on any atom is 0.222 e. The van der Waals surface area contributed by atoms with Gasteiger partial charge in [0.2, 0.25) is 5.91 Å². The molecule has 8 nitrogen and oxygen atoms in total. The Morgan fingerprint density at radius 1 is 1.19 bits per heavy atom. The molecule has 4 rings (SSSR count). The fraction of sp³-hybridized carbons (Fsp3) is 0.481. The highest BCUT2D eigenvalue weighted by molar-refractivity contribution is 7.17. The highest BCUT2D eigenvalue weighted by atomic mass is 35.5. The molecule has 0 spiro atoms. The number of thiophene rings is 1. The molecule has 2 aromatic rings. The van der Waals surface area contributed by atoms with Crippen molar-refractivity contribution in [2.75, 3.05) is 51.2 Å². The number of rotatable bonds is 7. The van der Waals surface area contributed by atoms with E-state index in [1.54, 1.807) is 23.2 Å². The Morgan fingerprint density at radius 3 is 2.51 bits per heavy atom. The number of aryl methyl sites for hydroxylation is 1. The van der Waals surface area contributed by atoms with E-state index in [1.807, 2.05) is 38.1 Å². The number of carbonyl (C=O) groups excluding carboxylic acids is 1. The Hall–Kier alpha value is -2.59. The minimum absolute atomic E-state index is 0.0567. The number of piperazine rings is 1. The predicted octanol–water partition coefficient (Wildman–Crippen LogP) is 4.16. The van der Waals surface area contributed by atoms with Gasteiger partial charge in [0.15, 0.2) is 0 Å². The molecule has 0 bridgehead atoms. The van der Waals surface area contributed by atoms with Crippen LogP contribution in [0.2, 0.25) is 5.02 Å². The molecular weight excluding hydrogens is 506 g/mol. The lowest BCUT2D eigenvalue weighted by atomic mass is 9.99. The van der Waals surface area contributed by atoms with E-state index in [4.69, 9.17) is 27.4 Å². The van der Waals surface area contributed by atoms with E-state index in [0.29, 0.717) is 11.6 Å². The van der Waals surface area contributed by atoms with E-state index in [-0.39, 0.29) is 24.0 Å². The molecule has 0 saturated carbocycles. The lowest BCUT2D eigenvalue weighted by molar-refractivity contribution is -0.121. The Bertz CT molecular complexity index is 1200. The molecule has 37 heavy (non-hydrogen) atoms.